The Morgan fingerprint density at radius 3 is 2.65 bits per heavy atom. The maximum absolute atomic E-state index is 11.8. The third-order valence-electron chi connectivity index (χ3n) is 3.49. The van der Waals surface area contributed by atoms with E-state index in [1.165, 1.54) is 0 Å². The van der Waals surface area contributed by atoms with Crippen molar-refractivity contribution in [3.63, 3.8) is 0 Å². The van der Waals surface area contributed by atoms with Crippen molar-refractivity contribution in [3.05, 3.63) is 22.8 Å². The Bertz CT molecular complexity index is 611. The predicted molar refractivity (Wildman–Crippen MR) is 91.8 cm³/mol. The molecule has 2 rings (SSSR count). The van der Waals surface area contributed by atoms with Crippen molar-refractivity contribution in [2.45, 2.75) is 45.3 Å². The molecular formula is C17H22ClN3O2. The Morgan fingerprint density at radius 2 is 2.09 bits per heavy atom. The van der Waals surface area contributed by atoms with Crippen LogP contribution < -0.4 is 10.2 Å². The summed E-state index contributed by atoms with van der Waals surface area (Å²) in [5, 5.41) is 3.31. The molecule has 0 atom stereocenters. The van der Waals surface area contributed by atoms with Crippen LogP contribution in [0.15, 0.2) is 12.1 Å². The van der Waals surface area contributed by atoms with Crippen LogP contribution in [0.1, 0.15) is 39.2 Å². The largest absolute Gasteiger partial charge is 0.444 e. The second kappa shape index (κ2) is 7.10. The van der Waals surface area contributed by atoms with Crippen LogP contribution in [-0.2, 0) is 4.74 Å². The van der Waals surface area contributed by atoms with E-state index in [1.54, 1.807) is 6.07 Å². The van der Waals surface area contributed by atoms with Crippen molar-refractivity contribution < 1.29 is 9.53 Å². The minimum absolute atomic E-state index is 0.104. The van der Waals surface area contributed by atoms with Gasteiger partial charge in [0, 0.05) is 24.7 Å². The summed E-state index contributed by atoms with van der Waals surface area (Å²) in [5.74, 6) is 3.36. The molecule has 1 aromatic heterocycles. The molecule has 0 saturated carbocycles. The number of ether oxygens (including phenoxy) is 1. The standard InChI is InChI=1S/C17H22ClN3O2/c1-5-12-10-14(18)20-15(11-12)21-8-6-13(7-9-21)19-16(22)23-17(2,3)4/h1,10-11,13H,6-9H2,2-4H3,(H,19,22). The molecule has 0 aliphatic carbocycles. The molecule has 0 unspecified atom stereocenters. The SMILES string of the molecule is C#Cc1cc(Cl)nc(N2CCC(NC(=O)OC(C)(C)C)CC2)c1. The summed E-state index contributed by atoms with van der Waals surface area (Å²) in [6.07, 6.45) is 6.70. The second-order valence-electron chi connectivity index (χ2n) is 6.59. The van der Waals surface area contributed by atoms with Gasteiger partial charge in [0.2, 0.25) is 0 Å². The summed E-state index contributed by atoms with van der Waals surface area (Å²) in [4.78, 5) is 18.3. The number of piperidine rings is 1. The Morgan fingerprint density at radius 1 is 1.43 bits per heavy atom. The van der Waals surface area contributed by atoms with E-state index in [0.29, 0.717) is 10.7 Å². The normalized spacial score (nSPS) is 15.9. The Labute approximate surface area is 142 Å². The van der Waals surface area contributed by atoms with Gasteiger partial charge in [-0.1, -0.05) is 17.5 Å². The van der Waals surface area contributed by atoms with Crippen molar-refractivity contribution in [1.29, 1.82) is 0 Å². The molecule has 1 amide bonds. The fraction of sp³-hybridized carbons (Fsp3) is 0.529. The van der Waals surface area contributed by atoms with Crippen LogP contribution in [0.4, 0.5) is 10.6 Å². The van der Waals surface area contributed by atoms with Gasteiger partial charge in [0.1, 0.15) is 16.6 Å². The second-order valence-corrected chi connectivity index (χ2v) is 6.98. The molecule has 124 valence electrons. The first kappa shape index (κ1) is 17.4. The van der Waals surface area contributed by atoms with Crippen LogP contribution in [0.25, 0.3) is 0 Å². The van der Waals surface area contributed by atoms with Gasteiger partial charge in [0.05, 0.1) is 0 Å². The monoisotopic (exact) mass is 335 g/mol. The molecule has 1 aliphatic heterocycles. The number of carbonyl (C=O) groups excluding carboxylic acids is 1. The molecule has 2 heterocycles. The lowest BCUT2D eigenvalue weighted by atomic mass is 10.1. The Kier molecular flexibility index (Phi) is 5.38. The van der Waals surface area contributed by atoms with Crippen molar-refractivity contribution in [3.8, 4) is 12.3 Å². The molecule has 1 fully saturated rings. The average Bonchev–Trinajstić information content (AvgIpc) is 2.45. The summed E-state index contributed by atoms with van der Waals surface area (Å²) < 4.78 is 5.28. The zero-order valence-electron chi connectivity index (χ0n) is 13.7. The highest BCUT2D eigenvalue weighted by Gasteiger charge is 2.24. The Balaban J connectivity index is 1.90. The molecule has 5 nitrogen and oxygen atoms in total. The number of pyridine rings is 1. The smallest absolute Gasteiger partial charge is 0.407 e. The van der Waals surface area contributed by atoms with E-state index in [2.05, 4.69) is 21.1 Å². The Hall–Kier alpha value is -1.93. The molecule has 0 spiro atoms. The van der Waals surface area contributed by atoms with Gasteiger partial charge in [-0.3, -0.25) is 0 Å². The number of carbonyl (C=O) groups is 1. The van der Waals surface area contributed by atoms with Gasteiger partial charge >= 0.3 is 6.09 Å². The minimum atomic E-state index is -0.485. The van der Waals surface area contributed by atoms with Crippen LogP contribution in [0, 0.1) is 12.3 Å². The third kappa shape index (κ3) is 5.33. The number of nitrogens with one attached hydrogen (secondary N) is 1. The predicted octanol–water partition coefficient (Wildman–Crippen LogP) is 3.21. The number of halogens is 1. The van der Waals surface area contributed by atoms with Crippen LogP contribution in [0.3, 0.4) is 0 Å². The fourth-order valence-electron chi connectivity index (χ4n) is 2.46. The van der Waals surface area contributed by atoms with Gasteiger partial charge in [-0.25, -0.2) is 9.78 Å². The number of rotatable bonds is 2. The minimum Gasteiger partial charge on any atom is -0.444 e. The zero-order chi connectivity index (χ0) is 17.0. The summed E-state index contributed by atoms with van der Waals surface area (Å²) in [6, 6.07) is 3.63. The average molecular weight is 336 g/mol. The molecule has 0 bridgehead atoms. The number of hydrogen-bond acceptors (Lipinski definition) is 4. The number of anilines is 1. The first-order chi connectivity index (χ1) is 10.8. The molecule has 6 heteroatoms. The molecule has 0 radical (unpaired) electrons. The molecule has 1 aromatic rings. The van der Waals surface area contributed by atoms with Crippen molar-refractivity contribution >= 4 is 23.5 Å². The maximum atomic E-state index is 11.8. The highest BCUT2D eigenvalue weighted by Crippen LogP contribution is 2.22. The number of aromatic nitrogens is 1. The zero-order valence-corrected chi connectivity index (χ0v) is 14.5. The van der Waals surface area contributed by atoms with Gasteiger partial charge < -0.3 is 15.0 Å². The first-order valence-electron chi connectivity index (χ1n) is 7.65. The van der Waals surface area contributed by atoms with E-state index in [1.807, 2.05) is 26.8 Å². The van der Waals surface area contributed by atoms with Crippen LogP contribution >= 0.6 is 11.6 Å². The molecular weight excluding hydrogens is 314 g/mol. The fourth-order valence-corrected chi connectivity index (χ4v) is 2.66. The van der Waals surface area contributed by atoms with E-state index in [4.69, 9.17) is 22.8 Å². The van der Waals surface area contributed by atoms with E-state index < -0.39 is 5.60 Å². The van der Waals surface area contributed by atoms with Crippen molar-refractivity contribution in [2.75, 3.05) is 18.0 Å². The quantitative estimate of drug-likeness (QED) is 0.666. The number of terminal acetylenes is 1. The topological polar surface area (TPSA) is 54.5 Å². The van der Waals surface area contributed by atoms with Gasteiger partial charge in [0.25, 0.3) is 0 Å². The lowest BCUT2D eigenvalue weighted by molar-refractivity contribution is 0.0497. The van der Waals surface area contributed by atoms with E-state index >= 15 is 0 Å². The number of alkyl carbamates (subject to hydrolysis) is 1. The summed E-state index contributed by atoms with van der Waals surface area (Å²) in [5.41, 5.74) is 0.232. The van der Waals surface area contributed by atoms with Gasteiger partial charge in [-0.2, -0.15) is 0 Å². The summed E-state index contributed by atoms with van der Waals surface area (Å²) in [7, 11) is 0. The number of amides is 1. The first-order valence-corrected chi connectivity index (χ1v) is 8.03. The van der Waals surface area contributed by atoms with Gasteiger partial charge in [0.15, 0.2) is 0 Å². The van der Waals surface area contributed by atoms with Crippen LogP contribution in [0.5, 0.6) is 0 Å². The lowest BCUT2D eigenvalue weighted by Crippen LogP contribution is -2.46. The lowest BCUT2D eigenvalue weighted by Gasteiger charge is -2.33. The van der Waals surface area contributed by atoms with E-state index in [0.717, 1.165) is 31.7 Å². The van der Waals surface area contributed by atoms with E-state index in [9.17, 15) is 4.79 Å². The van der Waals surface area contributed by atoms with Crippen molar-refractivity contribution in [2.24, 2.45) is 0 Å². The van der Waals surface area contributed by atoms with Gasteiger partial charge in [-0.15, -0.1) is 6.42 Å². The van der Waals surface area contributed by atoms with Crippen LogP contribution in [-0.4, -0.2) is 35.8 Å². The number of nitrogens with zero attached hydrogens (tertiary/aromatic N) is 2. The molecule has 1 saturated heterocycles. The van der Waals surface area contributed by atoms with Gasteiger partial charge in [-0.05, 0) is 45.7 Å². The van der Waals surface area contributed by atoms with E-state index in [-0.39, 0.29) is 12.1 Å². The maximum Gasteiger partial charge on any atom is 0.407 e. The van der Waals surface area contributed by atoms with Crippen LogP contribution in [0.2, 0.25) is 5.15 Å². The van der Waals surface area contributed by atoms with Crippen molar-refractivity contribution in [1.82, 2.24) is 10.3 Å². The molecule has 1 N–H and O–H groups in total. The highest BCUT2D eigenvalue weighted by atomic mass is 35.5. The summed E-state index contributed by atoms with van der Waals surface area (Å²) in [6.45, 7) is 7.10. The molecule has 23 heavy (non-hydrogen) atoms. The number of hydrogen-bond donors (Lipinski definition) is 1. The third-order valence-corrected chi connectivity index (χ3v) is 3.68. The summed E-state index contributed by atoms with van der Waals surface area (Å²) >= 11 is 6.00. The molecule has 1 aliphatic rings. The molecule has 0 aromatic carbocycles. The highest BCUT2D eigenvalue weighted by molar-refractivity contribution is 6.29.